The van der Waals surface area contributed by atoms with Crippen molar-refractivity contribution in [1.82, 2.24) is 4.57 Å². The summed E-state index contributed by atoms with van der Waals surface area (Å²) in [5.74, 6) is -0.0171. The van der Waals surface area contributed by atoms with Gasteiger partial charge in [0.2, 0.25) is 0 Å². The van der Waals surface area contributed by atoms with Gasteiger partial charge < -0.3 is 4.57 Å². The summed E-state index contributed by atoms with van der Waals surface area (Å²) in [5, 5.41) is 23.4. The number of nitriles is 2. The van der Waals surface area contributed by atoms with Crippen LogP contribution in [0.15, 0.2) is 158 Å². The predicted octanol–water partition coefficient (Wildman–Crippen LogP) is 11.2. The van der Waals surface area contributed by atoms with Crippen LogP contribution in [0, 0.1) is 22.7 Å². The van der Waals surface area contributed by atoms with Gasteiger partial charge in [-0.1, -0.05) is 121 Å². The van der Waals surface area contributed by atoms with E-state index in [0.717, 1.165) is 39.9 Å². The van der Waals surface area contributed by atoms with Crippen LogP contribution in [0.3, 0.4) is 0 Å². The van der Waals surface area contributed by atoms with Crippen molar-refractivity contribution in [3.63, 3.8) is 0 Å². The first kappa shape index (κ1) is 28.5. The Labute approximate surface area is 285 Å². The SMILES string of the molecule is N#Cc1cc(-c2ccc(-n3c4ccccc4c4ccccc43)cc2)ccc1-c1cccc(C#N)c1C1Cc2ccccc2-c2ccccc21. The number of aromatic nitrogens is 1. The van der Waals surface area contributed by atoms with Gasteiger partial charge in [0.1, 0.15) is 0 Å². The molecule has 1 aliphatic rings. The van der Waals surface area contributed by atoms with Gasteiger partial charge in [0.15, 0.2) is 0 Å². The number of hydrogen-bond donors (Lipinski definition) is 0. The summed E-state index contributed by atoms with van der Waals surface area (Å²) in [7, 11) is 0. The third kappa shape index (κ3) is 4.56. The molecule has 9 rings (SSSR count). The molecule has 1 heterocycles. The number of fused-ring (bicyclic) bond motifs is 6. The molecule has 49 heavy (non-hydrogen) atoms. The minimum absolute atomic E-state index is 0.0171. The largest absolute Gasteiger partial charge is 0.309 e. The minimum atomic E-state index is -0.0171. The van der Waals surface area contributed by atoms with Crippen LogP contribution in [0.2, 0.25) is 0 Å². The molecule has 8 aromatic rings. The Bertz CT molecular complexity index is 2610. The molecule has 0 fully saturated rings. The van der Waals surface area contributed by atoms with Gasteiger partial charge in [0.05, 0.1) is 34.3 Å². The van der Waals surface area contributed by atoms with Gasteiger partial charge in [0, 0.05) is 22.4 Å². The molecule has 1 aromatic heterocycles. The topological polar surface area (TPSA) is 52.5 Å². The number of nitrogens with zero attached hydrogens (tertiary/aromatic N) is 3. The van der Waals surface area contributed by atoms with Gasteiger partial charge in [-0.15, -0.1) is 0 Å². The highest BCUT2D eigenvalue weighted by Gasteiger charge is 2.30. The Morgan fingerprint density at radius 1 is 0.490 bits per heavy atom. The second-order valence-electron chi connectivity index (χ2n) is 12.7. The first-order valence-corrected chi connectivity index (χ1v) is 16.6. The monoisotopic (exact) mass is 623 g/mol. The highest BCUT2D eigenvalue weighted by Crippen LogP contribution is 2.46. The zero-order valence-electron chi connectivity index (χ0n) is 26.6. The molecule has 0 radical (unpaired) electrons. The highest BCUT2D eigenvalue weighted by molar-refractivity contribution is 6.09. The van der Waals surface area contributed by atoms with Crippen molar-refractivity contribution in [1.29, 1.82) is 10.5 Å². The van der Waals surface area contributed by atoms with Crippen molar-refractivity contribution in [2.75, 3.05) is 0 Å². The normalized spacial score (nSPS) is 13.4. The van der Waals surface area contributed by atoms with E-state index in [1.165, 1.54) is 44.1 Å². The van der Waals surface area contributed by atoms with Crippen molar-refractivity contribution in [3.05, 3.63) is 186 Å². The molecule has 7 aromatic carbocycles. The molecule has 0 N–H and O–H groups in total. The fraction of sp³-hybridized carbons (Fsp3) is 0.0435. The molecular weight excluding hydrogens is 595 g/mol. The van der Waals surface area contributed by atoms with Gasteiger partial charge in [0.25, 0.3) is 0 Å². The smallest absolute Gasteiger partial charge is 0.0998 e. The predicted molar refractivity (Wildman–Crippen MR) is 199 cm³/mol. The number of rotatable bonds is 4. The van der Waals surface area contributed by atoms with E-state index in [9.17, 15) is 10.5 Å². The molecule has 1 unspecified atom stereocenters. The third-order valence-electron chi connectivity index (χ3n) is 10.1. The molecule has 0 saturated carbocycles. The average Bonchev–Trinajstić information content (AvgIpc) is 3.51. The lowest BCUT2D eigenvalue weighted by Crippen LogP contribution is -2.15. The van der Waals surface area contributed by atoms with Crippen LogP contribution < -0.4 is 0 Å². The number of para-hydroxylation sites is 2. The number of benzene rings is 7. The average molecular weight is 624 g/mol. The molecule has 0 aliphatic heterocycles. The first-order chi connectivity index (χ1) is 24.2. The summed E-state index contributed by atoms with van der Waals surface area (Å²) in [6, 6.07) is 59.7. The Kier molecular flexibility index (Phi) is 6.72. The van der Waals surface area contributed by atoms with Gasteiger partial charge in [-0.2, -0.15) is 10.5 Å². The van der Waals surface area contributed by atoms with E-state index in [2.05, 4.69) is 156 Å². The maximum Gasteiger partial charge on any atom is 0.0998 e. The van der Waals surface area contributed by atoms with Gasteiger partial charge in [-0.25, -0.2) is 0 Å². The summed E-state index contributed by atoms with van der Waals surface area (Å²) in [4.78, 5) is 0. The van der Waals surface area contributed by atoms with Crippen LogP contribution in [-0.4, -0.2) is 4.57 Å². The van der Waals surface area contributed by atoms with Crippen LogP contribution in [-0.2, 0) is 6.42 Å². The zero-order valence-corrected chi connectivity index (χ0v) is 26.6. The lowest BCUT2D eigenvalue weighted by Gasteiger charge is -2.30. The Balaban J connectivity index is 1.13. The van der Waals surface area contributed by atoms with Crippen molar-refractivity contribution in [2.45, 2.75) is 12.3 Å². The molecule has 0 amide bonds. The van der Waals surface area contributed by atoms with E-state index < -0.39 is 0 Å². The quantitative estimate of drug-likeness (QED) is 0.196. The molecule has 228 valence electrons. The summed E-state index contributed by atoms with van der Waals surface area (Å²) in [6.07, 6.45) is 0.789. The fourth-order valence-electron chi connectivity index (χ4n) is 7.92. The van der Waals surface area contributed by atoms with Crippen LogP contribution in [0.25, 0.3) is 60.9 Å². The van der Waals surface area contributed by atoms with Crippen molar-refractivity contribution < 1.29 is 0 Å². The molecule has 1 aliphatic carbocycles. The van der Waals surface area contributed by atoms with Crippen LogP contribution in [0.5, 0.6) is 0 Å². The minimum Gasteiger partial charge on any atom is -0.309 e. The number of hydrogen-bond acceptors (Lipinski definition) is 2. The van der Waals surface area contributed by atoms with E-state index in [1.54, 1.807) is 0 Å². The second kappa shape index (κ2) is 11.5. The Morgan fingerprint density at radius 3 is 1.84 bits per heavy atom. The lowest BCUT2D eigenvalue weighted by molar-refractivity contribution is 0.793. The Hall–Kier alpha value is -6.68. The molecule has 0 saturated heterocycles. The molecular formula is C46H29N3. The maximum atomic E-state index is 10.5. The van der Waals surface area contributed by atoms with E-state index >= 15 is 0 Å². The van der Waals surface area contributed by atoms with E-state index in [0.29, 0.717) is 11.1 Å². The van der Waals surface area contributed by atoms with Crippen LogP contribution in [0.1, 0.15) is 33.7 Å². The fourth-order valence-corrected chi connectivity index (χ4v) is 7.92. The Morgan fingerprint density at radius 2 is 1.10 bits per heavy atom. The summed E-state index contributed by atoms with van der Waals surface area (Å²) < 4.78 is 2.31. The van der Waals surface area contributed by atoms with Crippen molar-refractivity contribution in [3.8, 4) is 51.2 Å². The highest BCUT2D eigenvalue weighted by atomic mass is 15.0. The lowest BCUT2D eigenvalue weighted by atomic mass is 9.72. The molecule has 3 heteroatoms. The van der Waals surface area contributed by atoms with E-state index in [-0.39, 0.29) is 5.92 Å². The third-order valence-corrected chi connectivity index (χ3v) is 10.1. The summed E-state index contributed by atoms with van der Waals surface area (Å²) >= 11 is 0. The molecule has 3 nitrogen and oxygen atoms in total. The zero-order chi connectivity index (χ0) is 32.9. The van der Waals surface area contributed by atoms with Crippen molar-refractivity contribution in [2.24, 2.45) is 0 Å². The van der Waals surface area contributed by atoms with E-state index in [4.69, 9.17) is 0 Å². The van der Waals surface area contributed by atoms with Crippen LogP contribution in [0.4, 0.5) is 0 Å². The molecule has 0 bridgehead atoms. The van der Waals surface area contributed by atoms with Crippen molar-refractivity contribution >= 4 is 21.8 Å². The molecule has 1 atom stereocenters. The molecule has 0 spiro atoms. The van der Waals surface area contributed by atoms with E-state index in [1.807, 2.05) is 18.2 Å². The summed E-state index contributed by atoms with van der Waals surface area (Å²) in [6.45, 7) is 0. The summed E-state index contributed by atoms with van der Waals surface area (Å²) in [5.41, 5.74) is 14.4. The van der Waals surface area contributed by atoms with Gasteiger partial charge in [-0.3, -0.25) is 0 Å². The first-order valence-electron chi connectivity index (χ1n) is 16.6. The van der Waals surface area contributed by atoms with Gasteiger partial charge in [-0.05, 0) is 92.9 Å². The second-order valence-corrected chi connectivity index (χ2v) is 12.7. The van der Waals surface area contributed by atoms with Gasteiger partial charge >= 0.3 is 0 Å². The van der Waals surface area contributed by atoms with Crippen LogP contribution >= 0.6 is 0 Å². The standard InChI is InChI=1S/C46H29N3/c47-28-33-11-9-17-42(46(33)43-27-32-10-1-2-12-36(32)38-13-3-4-14-39(38)43)37-25-22-31(26-34(37)29-48)30-20-23-35(24-21-30)49-44-18-7-5-15-40(44)41-16-6-8-19-45(41)49/h1-26,43H,27H2. The maximum absolute atomic E-state index is 10.5.